The zero-order chi connectivity index (χ0) is 19.5. The third-order valence-corrected chi connectivity index (χ3v) is 3.56. The minimum Gasteiger partial charge on any atom is -0.490 e. The van der Waals surface area contributed by atoms with Crippen molar-refractivity contribution in [3.05, 3.63) is 18.2 Å². The Morgan fingerprint density at radius 1 is 1.00 bits per heavy atom. The molecule has 5 nitrogen and oxygen atoms in total. The van der Waals surface area contributed by atoms with Gasteiger partial charge in [-0.2, -0.15) is 0 Å². The molecule has 1 aliphatic rings. The molecule has 1 aliphatic heterocycles. The van der Waals surface area contributed by atoms with Gasteiger partial charge < -0.3 is 19.1 Å². The molecule has 0 spiro atoms. The number of carbonyl (C=O) groups excluding carboxylic acids is 1. The molecular weight excluding hydrogens is 372 g/mol. The molecule has 0 bridgehead atoms. The van der Waals surface area contributed by atoms with Crippen molar-refractivity contribution < 1.29 is 45.3 Å². The normalized spacial score (nSPS) is 16.3. The molecule has 2 rings (SSSR count). The molecule has 0 saturated carbocycles. The number of ether oxygens (including phenoxy) is 3. The molecular formula is C15H15F6NO4. The minimum absolute atomic E-state index is 0.0972. The highest BCUT2D eigenvalue weighted by Crippen LogP contribution is 2.38. The predicted molar refractivity (Wildman–Crippen MR) is 75.7 cm³/mol. The fourth-order valence-electron chi connectivity index (χ4n) is 2.46. The van der Waals surface area contributed by atoms with Gasteiger partial charge in [0.1, 0.15) is 11.9 Å². The molecule has 1 aromatic carbocycles. The maximum absolute atomic E-state index is 12.4. The fraction of sp³-hybridized carbons (Fsp3) is 0.533. The molecule has 1 amide bonds. The lowest BCUT2D eigenvalue weighted by atomic mass is 10.1. The highest BCUT2D eigenvalue weighted by molar-refractivity contribution is 5.73. The van der Waals surface area contributed by atoms with Gasteiger partial charge in [-0.15, -0.1) is 26.3 Å². The lowest BCUT2D eigenvalue weighted by Crippen LogP contribution is -2.40. The number of likely N-dealkylation sites (tertiary alicyclic amines) is 1. The first kappa shape index (κ1) is 20.0. The van der Waals surface area contributed by atoms with Crippen LogP contribution >= 0.6 is 0 Å². The molecule has 26 heavy (non-hydrogen) atoms. The third kappa shape index (κ3) is 6.19. The first-order valence-electron chi connectivity index (χ1n) is 7.50. The van der Waals surface area contributed by atoms with Crippen molar-refractivity contribution in [2.24, 2.45) is 0 Å². The summed E-state index contributed by atoms with van der Waals surface area (Å²) in [6, 6.07) is 2.43. The van der Waals surface area contributed by atoms with E-state index in [-0.39, 0.29) is 11.7 Å². The number of benzene rings is 1. The first-order valence-corrected chi connectivity index (χ1v) is 7.50. The van der Waals surface area contributed by atoms with E-state index in [1.807, 2.05) is 0 Å². The Morgan fingerprint density at radius 3 is 2.04 bits per heavy atom. The van der Waals surface area contributed by atoms with Gasteiger partial charge in [0.15, 0.2) is 11.5 Å². The van der Waals surface area contributed by atoms with Crippen molar-refractivity contribution in [3.8, 4) is 17.2 Å². The summed E-state index contributed by atoms with van der Waals surface area (Å²) in [5.74, 6) is -2.49. The molecule has 0 unspecified atom stereocenters. The van der Waals surface area contributed by atoms with E-state index in [2.05, 4.69) is 9.47 Å². The van der Waals surface area contributed by atoms with Crippen LogP contribution in [0.3, 0.4) is 0 Å². The Kier molecular flexibility index (Phi) is 5.77. The van der Waals surface area contributed by atoms with Crippen LogP contribution in [0.15, 0.2) is 18.2 Å². The summed E-state index contributed by atoms with van der Waals surface area (Å²) in [6.45, 7) is 2.25. The van der Waals surface area contributed by atoms with Crippen LogP contribution < -0.4 is 14.2 Å². The molecule has 1 saturated heterocycles. The number of hydrogen-bond donors (Lipinski definition) is 0. The van der Waals surface area contributed by atoms with Crippen molar-refractivity contribution in [2.75, 3.05) is 13.1 Å². The number of piperidine rings is 1. The molecule has 0 atom stereocenters. The summed E-state index contributed by atoms with van der Waals surface area (Å²) in [4.78, 5) is 12.8. The van der Waals surface area contributed by atoms with Gasteiger partial charge in [0.25, 0.3) is 0 Å². The smallest absolute Gasteiger partial charge is 0.490 e. The Labute approximate surface area is 144 Å². The molecule has 146 valence electrons. The monoisotopic (exact) mass is 387 g/mol. The topological polar surface area (TPSA) is 48.0 Å². The van der Waals surface area contributed by atoms with Gasteiger partial charge in [0.05, 0.1) is 0 Å². The molecule has 1 fully saturated rings. The lowest BCUT2D eigenvalue weighted by Gasteiger charge is -2.31. The zero-order valence-electron chi connectivity index (χ0n) is 13.5. The number of rotatable bonds is 4. The van der Waals surface area contributed by atoms with Crippen LogP contribution in [0.1, 0.15) is 19.8 Å². The minimum atomic E-state index is -5.20. The number of alkyl halides is 6. The van der Waals surface area contributed by atoms with Crippen LogP contribution in [-0.4, -0.2) is 42.7 Å². The van der Waals surface area contributed by atoms with Gasteiger partial charge in [0, 0.05) is 38.9 Å². The van der Waals surface area contributed by atoms with Crippen LogP contribution in [0.5, 0.6) is 17.2 Å². The number of amides is 1. The summed E-state index contributed by atoms with van der Waals surface area (Å²) in [5, 5.41) is 0. The summed E-state index contributed by atoms with van der Waals surface area (Å²) in [5.41, 5.74) is 0. The van der Waals surface area contributed by atoms with E-state index in [4.69, 9.17) is 4.74 Å². The van der Waals surface area contributed by atoms with Crippen molar-refractivity contribution >= 4 is 5.91 Å². The van der Waals surface area contributed by atoms with Crippen molar-refractivity contribution in [1.29, 1.82) is 0 Å². The SMILES string of the molecule is CC(=O)N1CCC(Oc2ccc(OC(F)(F)F)c(OC(F)(F)F)c2)CC1. The average Bonchev–Trinajstić information content (AvgIpc) is 2.47. The number of halogens is 6. The van der Waals surface area contributed by atoms with Crippen molar-refractivity contribution in [3.63, 3.8) is 0 Å². The van der Waals surface area contributed by atoms with Crippen LogP contribution in [0.4, 0.5) is 26.3 Å². The average molecular weight is 387 g/mol. The second-order valence-corrected chi connectivity index (χ2v) is 5.53. The summed E-state index contributed by atoms with van der Waals surface area (Å²) in [6.07, 6.45) is -9.88. The second-order valence-electron chi connectivity index (χ2n) is 5.53. The maximum atomic E-state index is 12.4. The van der Waals surface area contributed by atoms with Crippen LogP contribution in [0.2, 0.25) is 0 Å². The maximum Gasteiger partial charge on any atom is 0.573 e. The van der Waals surface area contributed by atoms with Crippen molar-refractivity contribution in [2.45, 2.75) is 38.6 Å². The van der Waals surface area contributed by atoms with Crippen LogP contribution in [-0.2, 0) is 4.79 Å². The first-order chi connectivity index (χ1) is 11.9. The van der Waals surface area contributed by atoms with E-state index in [1.54, 1.807) is 4.90 Å². The Morgan fingerprint density at radius 2 is 1.54 bits per heavy atom. The quantitative estimate of drug-likeness (QED) is 0.736. The van der Waals surface area contributed by atoms with Gasteiger partial charge >= 0.3 is 12.7 Å². The molecule has 0 aliphatic carbocycles. The molecule has 0 radical (unpaired) electrons. The number of nitrogens with zero attached hydrogens (tertiary/aromatic N) is 1. The molecule has 11 heteroatoms. The van der Waals surface area contributed by atoms with Crippen molar-refractivity contribution in [1.82, 2.24) is 4.90 Å². The van der Waals surface area contributed by atoms with E-state index in [0.717, 1.165) is 6.07 Å². The van der Waals surface area contributed by atoms with Crippen LogP contribution in [0, 0.1) is 0 Å². The third-order valence-electron chi connectivity index (χ3n) is 3.56. The van der Waals surface area contributed by atoms with Gasteiger partial charge in [-0.25, -0.2) is 0 Å². The number of carbonyl (C=O) groups is 1. The predicted octanol–water partition coefficient (Wildman–Crippen LogP) is 3.87. The summed E-state index contributed by atoms with van der Waals surface area (Å²) >= 11 is 0. The van der Waals surface area contributed by atoms with E-state index in [0.29, 0.717) is 38.1 Å². The van der Waals surface area contributed by atoms with Crippen LogP contribution in [0.25, 0.3) is 0 Å². The highest BCUT2D eigenvalue weighted by Gasteiger charge is 2.37. The molecule has 1 aromatic rings. The number of hydrogen-bond acceptors (Lipinski definition) is 4. The van der Waals surface area contributed by atoms with E-state index in [9.17, 15) is 31.1 Å². The Bertz CT molecular complexity index is 638. The van der Waals surface area contributed by atoms with E-state index in [1.165, 1.54) is 6.92 Å². The van der Waals surface area contributed by atoms with E-state index >= 15 is 0 Å². The Hall–Kier alpha value is -2.33. The second kappa shape index (κ2) is 7.50. The standard InChI is InChI=1S/C15H15F6NO4/c1-9(23)22-6-4-10(5-7-22)24-11-2-3-12(25-14(16,17)18)13(8-11)26-15(19,20)21/h2-3,8,10H,4-7H2,1H3. The van der Waals surface area contributed by atoms with Gasteiger partial charge in [-0.1, -0.05) is 0 Å². The van der Waals surface area contributed by atoms with Gasteiger partial charge in [-0.3, -0.25) is 4.79 Å². The fourth-order valence-corrected chi connectivity index (χ4v) is 2.46. The van der Waals surface area contributed by atoms with Gasteiger partial charge in [0.2, 0.25) is 5.91 Å². The largest absolute Gasteiger partial charge is 0.573 e. The lowest BCUT2D eigenvalue weighted by molar-refractivity contribution is -0.287. The van der Waals surface area contributed by atoms with E-state index < -0.39 is 30.3 Å². The highest BCUT2D eigenvalue weighted by atomic mass is 19.4. The molecule has 0 aromatic heterocycles. The summed E-state index contributed by atoms with van der Waals surface area (Å²) in [7, 11) is 0. The zero-order valence-corrected chi connectivity index (χ0v) is 13.5. The Balaban J connectivity index is 2.12. The van der Waals surface area contributed by atoms with Gasteiger partial charge in [-0.05, 0) is 12.1 Å². The molecule has 1 heterocycles. The summed E-state index contributed by atoms with van der Waals surface area (Å²) < 4.78 is 86.8. The molecule has 0 N–H and O–H groups in total.